The quantitative estimate of drug-likeness (QED) is 0.370. The Morgan fingerprint density at radius 1 is 0.971 bits per heavy atom. The number of fused-ring (bicyclic) bond motifs is 3. The minimum atomic E-state index is -1.45. The fraction of sp³-hybridized carbons (Fsp3) is 0.259. The van der Waals surface area contributed by atoms with E-state index in [0.29, 0.717) is 5.75 Å². The maximum atomic E-state index is 12.3. The number of carbonyl (C=O) groups excluding carboxylic acids is 1. The number of aliphatic hydroxyl groups is 2. The first kappa shape index (κ1) is 24.3. The largest absolute Gasteiger partial charge is 0.497 e. The van der Waals surface area contributed by atoms with Crippen LogP contribution in [0, 0.1) is 0 Å². The minimum Gasteiger partial charge on any atom is -0.497 e. The number of alkyl carbamates (subject to hydrolysis) is 1. The first-order chi connectivity index (χ1) is 16.9. The smallest absolute Gasteiger partial charge is 0.407 e. The van der Waals surface area contributed by atoms with Crippen LogP contribution in [0.15, 0.2) is 66.7 Å². The third kappa shape index (κ3) is 5.13. The molecule has 0 aliphatic heterocycles. The molecule has 0 fully saturated rings. The molecule has 2 unspecified atom stereocenters. The normalized spacial score (nSPS) is 13.9. The van der Waals surface area contributed by atoms with Crippen molar-refractivity contribution in [1.82, 2.24) is 5.32 Å². The van der Waals surface area contributed by atoms with Crippen LogP contribution in [-0.4, -0.2) is 53.7 Å². The Kier molecular flexibility index (Phi) is 7.33. The van der Waals surface area contributed by atoms with Gasteiger partial charge in [-0.2, -0.15) is 0 Å². The summed E-state index contributed by atoms with van der Waals surface area (Å²) in [4.78, 5) is 23.8. The highest BCUT2D eigenvalue weighted by molar-refractivity contribution is 5.90. The molecule has 1 aliphatic carbocycles. The summed E-state index contributed by atoms with van der Waals surface area (Å²) in [7, 11) is 1.40. The van der Waals surface area contributed by atoms with Crippen LogP contribution in [0.5, 0.6) is 5.75 Å². The zero-order valence-corrected chi connectivity index (χ0v) is 19.2. The molecule has 4 rings (SSSR count). The lowest BCUT2D eigenvalue weighted by molar-refractivity contribution is 0.0127. The van der Waals surface area contributed by atoms with Gasteiger partial charge in [0.25, 0.3) is 0 Å². The zero-order valence-electron chi connectivity index (χ0n) is 19.2. The topological polar surface area (TPSA) is 125 Å². The van der Waals surface area contributed by atoms with Crippen molar-refractivity contribution < 1.29 is 34.4 Å². The molecule has 1 amide bonds. The first-order valence-corrected chi connectivity index (χ1v) is 11.3. The molecule has 0 spiro atoms. The molecule has 0 heterocycles. The molecular weight excluding hydrogens is 450 g/mol. The standard InChI is InChI=1S/C27H27NO7/c1-34-16-10-11-21(22(14-16)26(31)32)25(30)24(29)12-13-28-27(33)35-15-23-19-8-4-2-6-17(19)18-7-3-5-9-20(18)23/h2-11,14,23-25,29-30H,12-13,15H2,1H3,(H,28,33)(H,31,32). The van der Waals surface area contributed by atoms with Crippen molar-refractivity contribution in [3.63, 3.8) is 0 Å². The highest BCUT2D eigenvalue weighted by Crippen LogP contribution is 2.44. The summed E-state index contributed by atoms with van der Waals surface area (Å²) in [6.45, 7) is 0.201. The number of hydrogen-bond donors (Lipinski definition) is 4. The van der Waals surface area contributed by atoms with Crippen LogP contribution >= 0.6 is 0 Å². The van der Waals surface area contributed by atoms with Gasteiger partial charge in [-0.25, -0.2) is 9.59 Å². The predicted octanol–water partition coefficient (Wildman–Crippen LogP) is 3.72. The van der Waals surface area contributed by atoms with Crippen molar-refractivity contribution in [2.45, 2.75) is 24.5 Å². The number of carboxylic acid groups (broad SMARTS) is 1. The van der Waals surface area contributed by atoms with Crippen LogP contribution in [-0.2, 0) is 4.74 Å². The van der Waals surface area contributed by atoms with E-state index in [-0.39, 0.29) is 36.6 Å². The Labute approximate surface area is 202 Å². The summed E-state index contributed by atoms with van der Waals surface area (Å²) in [5, 5.41) is 32.8. The molecule has 3 aromatic carbocycles. The molecule has 8 heteroatoms. The van der Waals surface area contributed by atoms with Crippen molar-refractivity contribution in [3.05, 3.63) is 89.0 Å². The number of aliphatic hydroxyl groups excluding tert-OH is 2. The van der Waals surface area contributed by atoms with Gasteiger partial charge in [-0.05, 0) is 46.4 Å². The highest BCUT2D eigenvalue weighted by atomic mass is 16.5. The predicted molar refractivity (Wildman–Crippen MR) is 129 cm³/mol. The Hall–Kier alpha value is -3.88. The number of amides is 1. The first-order valence-electron chi connectivity index (χ1n) is 11.3. The molecule has 0 saturated heterocycles. The SMILES string of the molecule is COc1ccc(C(O)C(O)CCNC(=O)OCC2c3ccccc3-c3ccccc32)c(C(=O)O)c1. The van der Waals surface area contributed by atoms with Crippen LogP contribution in [0.3, 0.4) is 0 Å². The average molecular weight is 478 g/mol. The van der Waals surface area contributed by atoms with E-state index in [9.17, 15) is 24.9 Å². The van der Waals surface area contributed by atoms with Gasteiger partial charge in [0.2, 0.25) is 0 Å². The number of methoxy groups -OCH3 is 1. The fourth-order valence-corrected chi connectivity index (χ4v) is 4.44. The molecule has 0 radical (unpaired) electrons. The number of carboxylic acids is 1. The highest BCUT2D eigenvalue weighted by Gasteiger charge is 2.29. The summed E-state index contributed by atoms with van der Waals surface area (Å²) in [5.74, 6) is -0.989. The Bertz CT molecular complexity index is 1180. The number of benzene rings is 3. The Morgan fingerprint density at radius 3 is 2.20 bits per heavy atom. The van der Waals surface area contributed by atoms with E-state index in [4.69, 9.17) is 9.47 Å². The molecule has 0 aromatic heterocycles. The number of aromatic carboxylic acids is 1. The van der Waals surface area contributed by atoms with Crippen LogP contribution in [0.1, 0.15) is 45.5 Å². The van der Waals surface area contributed by atoms with E-state index >= 15 is 0 Å². The molecule has 1 aliphatic rings. The third-order valence-corrected chi connectivity index (χ3v) is 6.23. The lowest BCUT2D eigenvalue weighted by Gasteiger charge is -2.20. The van der Waals surface area contributed by atoms with Crippen molar-refractivity contribution in [3.8, 4) is 16.9 Å². The number of rotatable bonds is 9. The summed E-state index contributed by atoms with van der Waals surface area (Å²) in [5.41, 5.74) is 4.37. The third-order valence-electron chi connectivity index (χ3n) is 6.23. The van der Waals surface area contributed by atoms with Crippen LogP contribution in [0.2, 0.25) is 0 Å². The molecule has 35 heavy (non-hydrogen) atoms. The van der Waals surface area contributed by atoms with E-state index < -0.39 is 24.3 Å². The number of nitrogens with one attached hydrogen (secondary N) is 1. The molecule has 3 aromatic rings. The van der Waals surface area contributed by atoms with Gasteiger partial charge in [-0.3, -0.25) is 0 Å². The second-order valence-corrected chi connectivity index (χ2v) is 8.31. The van der Waals surface area contributed by atoms with E-state index in [1.165, 1.54) is 25.3 Å². The number of hydrogen-bond acceptors (Lipinski definition) is 6. The molecule has 0 saturated carbocycles. The summed E-state index contributed by atoms with van der Waals surface area (Å²) in [6.07, 6.45) is -3.38. The van der Waals surface area contributed by atoms with E-state index in [1.807, 2.05) is 36.4 Å². The minimum absolute atomic E-state index is 0.00352. The summed E-state index contributed by atoms with van der Waals surface area (Å²) in [6, 6.07) is 20.2. The van der Waals surface area contributed by atoms with Gasteiger partial charge < -0.3 is 30.1 Å². The summed E-state index contributed by atoms with van der Waals surface area (Å²) >= 11 is 0. The van der Waals surface area contributed by atoms with Gasteiger partial charge in [0, 0.05) is 12.5 Å². The zero-order chi connectivity index (χ0) is 24.9. The number of carbonyl (C=O) groups is 2. The van der Waals surface area contributed by atoms with Gasteiger partial charge in [0.1, 0.15) is 18.5 Å². The van der Waals surface area contributed by atoms with Gasteiger partial charge in [-0.1, -0.05) is 54.6 Å². The number of ether oxygens (including phenoxy) is 2. The molecule has 4 N–H and O–H groups in total. The molecule has 182 valence electrons. The van der Waals surface area contributed by atoms with Crippen LogP contribution < -0.4 is 10.1 Å². The lowest BCUT2D eigenvalue weighted by Crippen LogP contribution is -2.31. The maximum absolute atomic E-state index is 12.3. The molecule has 8 nitrogen and oxygen atoms in total. The van der Waals surface area contributed by atoms with Gasteiger partial charge in [-0.15, -0.1) is 0 Å². The lowest BCUT2D eigenvalue weighted by atomic mass is 9.96. The van der Waals surface area contributed by atoms with Crippen molar-refractivity contribution in [2.75, 3.05) is 20.3 Å². The van der Waals surface area contributed by atoms with E-state index in [2.05, 4.69) is 17.4 Å². The Morgan fingerprint density at radius 2 is 1.60 bits per heavy atom. The monoisotopic (exact) mass is 477 g/mol. The molecular formula is C27H27NO7. The maximum Gasteiger partial charge on any atom is 0.407 e. The van der Waals surface area contributed by atoms with E-state index in [1.54, 1.807) is 0 Å². The fourth-order valence-electron chi connectivity index (χ4n) is 4.44. The van der Waals surface area contributed by atoms with Crippen molar-refractivity contribution in [1.29, 1.82) is 0 Å². The van der Waals surface area contributed by atoms with Crippen molar-refractivity contribution in [2.24, 2.45) is 0 Å². The Balaban J connectivity index is 1.31. The second kappa shape index (κ2) is 10.6. The van der Waals surface area contributed by atoms with Crippen LogP contribution in [0.4, 0.5) is 4.79 Å². The van der Waals surface area contributed by atoms with Crippen molar-refractivity contribution >= 4 is 12.1 Å². The van der Waals surface area contributed by atoms with Gasteiger partial charge in [0.15, 0.2) is 0 Å². The van der Waals surface area contributed by atoms with Gasteiger partial charge >= 0.3 is 12.1 Å². The molecule has 2 atom stereocenters. The second-order valence-electron chi connectivity index (χ2n) is 8.31. The average Bonchev–Trinajstić information content (AvgIpc) is 3.20. The van der Waals surface area contributed by atoms with Crippen LogP contribution in [0.25, 0.3) is 11.1 Å². The van der Waals surface area contributed by atoms with Gasteiger partial charge in [0.05, 0.1) is 18.8 Å². The summed E-state index contributed by atoms with van der Waals surface area (Å²) < 4.78 is 10.5. The van der Waals surface area contributed by atoms with E-state index in [0.717, 1.165) is 22.3 Å². The molecule has 0 bridgehead atoms.